The molecule has 21 heavy (non-hydrogen) atoms. The highest BCUT2D eigenvalue weighted by atomic mass is 19.1. The number of nitro groups is 1. The van der Waals surface area contributed by atoms with Crippen molar-refractivity contribution < 1.29 is 9.31 Å². The van der Waals surface area contributed by atoms with Crippen LogP contribution in [0.15, 0.2) is 18.2 Å². The van der Waals surface area contributed by atoms with Crippen molar-refractivity contribution in [3.05, 3.63) is 39.7 Å². The molecular weight excluding hydrogens is 271 g/mol. The van der Waals surface area contributed by atoms with Gasteiger partial charge in [0.1, 0.15) is 5.82 Å². The van der Waals surface area contributed by atoms with Crippen LogP contribution in [-0.2, 0) is 6.42 Å². The predicted octanol–water partition coefficient (Wildman–Crippen LogP) is 4.39. The van der Waals surface area contributed by atoms with Crippen molar-refractivity contribution in [2.45, 2.75) is 46.0 Å². The van der Waals surface area contributed by atoms with Crippen LogP contribution in [0.5, 0.6) is 0 Å². The van der Waals surface area contributed by atoms with Crippen molar-refractivity contribution in [1.29, 1.82) is 5.26 Å². The van der Waals surface area contributed by atoms with E-state index in [9.17, 15) is 19.8 Å². The van der Waals surface area contributed by atoms with Gasteiger partial charge in [-0.1, -0.05) is 13.8 Å². The third-order valence-corrected chi connectivity index (χ3v) is 4.49. The minimum Gasteiger partial charge on any atom is -0.258 e. The van der Waals surface area contributed by atoms with Gasteiger partial charge in [0.25, 0.3) is 5.69 Å². The number of benzene rings is 1. The molecule has 0 saturated heterocycles. The van der Waals surface area contributed by atoms with Gasteiger partial charge < -0.3 is 0 Å². The Morgan fingerprint density at radius 2 is 1.90 bits per heavy atom. The van der Waals surface area contributed by atoms with E-state index in [2.05, 4.69) is 19.9 Å². The molecule has 5 heteroatoms. The van der Waals surface area contributed by atoms with Gasteiger partial charge in [-0.05, 0) is 49.1 Å². The Labute approximate surface area is 123 Å². The average molecular weight is 290 g/mol. The first-order valence-electron chi connectivity index (χ1n) is 7.10. The van der Waals surface area contributed by atoms with Crippen LogP contribution in [0.25, 0.3) is 0 Å². The summed E-state index contributed by atoms with van der Waals surface area (Å²) in [6, 6.07) is 5.96. The second-order valence-electron chi connectivity index (χ2n) is 6.81. The van der Waals surface area contributed by atoms with Crippen LogP contribution in [0.1, 0.15) is 45.1 Å². The van der Waals surface area contributed by atoms with Crippen molar-refractivity contribution in [1.82, 2.24) is 0 Å². The van der Waals surface area contributed by atoms with E-state index in [1.165, 1.54) is 12.1 Å². The molecule has 1 saturated carbocycles. The highest BCUT2D eigenvalue weighted by Gasteiger charge is 2.38. The zero-order chi connectivity index (χ0) is 15.7. The first-order valence-corrected chi connectivity index (χ1v) is 7.10. The molecule has 0 bridgehead atoms. The van der Waals surface area contributed by atoms with Crippen LogP contribution < -0.4 is 0 Å². The molecule has 112 valence electrons. The summed E-state index contributed by atoms with van der Waals surface area (Å²) in [5.41, 5.74) is -0.0250. The van der Waals surface area contributed by atoms with Gasteiger partial charge in [0.15, 0.2) is 0 Å². The molecule has 1 fully saturated rings. The minimum absolute atomic E-state index is 0.230. The molecule has 0 radical (unpaired) electrons. The van der Waals surface area contributed by atoms with E-state index >= 15 is 0 Å². The van der Waals surface area contributed by atoms with Gasteiger partial charge in [-0.15, -0.1) is 0 Å². The smallest absolute Gasteiger partial charge is 0.258 e. The summed E-state index contributed by atoms with van der Waals surface area (Å²) >= 11 is 0. The lowest BCUT2D eigenvalue weighted by molar-refractivity contribution is -0.385. The van der Waals surface area contributed by atoms with Crippen molar-refractivity contribution >= 4 is 5.69 Å². The minimum atomic E-state index is -0.622. The van der Waals surface area contributed by atoms with Crippen molar-refractivity contribution in [2.24, 2.45) is 10.8 Å². The summed E-state index contributed by atoms with van der Waals surface area (Å²) in [5, 5.41) is 20.3. The summed E-state index contributed by atoms with van der Waals surface area (Å²) in [4.78, 5) is 10.2. The highest BCUT2D eigenvalue weighted by molar-refractivity contribution is 5.36. The quantitative estimate of drug-likeness (QED) is 0.612. The lowest BCUT2D eigenvalue weighted by Gasteiger charge is -2.39. The van der Waals surface area contributed by atoms with Gasteiger partial charge in [-0.3, -0.25) is 10.1 Å². The molecule has 0 aromatic heterocycles. The normalized spacial score (nSPS) is 19.7. The lowest BCUT2D eigenvalue weighted by atomic mass is 9.64. The number of halogens is 1. The number of hydrogen-bond donors (Lipinski definition) is 0. The SMILES string of the molecule is CC1(C)CCC(C#N)(Cc2cc(F)cc([N+](=O)[O-])c2)CC1. The first kappa shape index (κ1) is 15.4. The Morgan fingerprint density at radius 3 is 2.43 bits per heavy atom. The molecule has 0 amide bonds. The maximum atomic E-state index is 13.5. The first-order chi connectivity index (χ1) is 9.75. The summed E-state index contributed by atoms with van der Waals surface area (Å²) in [6.45, 7) is 4.36. The zero-order valence-corrected chi connectivity index (χ0v) is 12.4. The predicted molar refractivity (Wildman–Crippen MR) is 77.1 cm³/mol. The van der Waals surface area contributed by atoms with E-state index in [1.54, 1.807) is 0 Å². The van der Waals surface area contributed by atoms with Gasteiger partial charge in [0.2, 0.25) is 0 Å². The molecule has 0 heterocycles. The summed E-state index contributed by atoms with van der Waals surface area (Å²) in [7, 11) is 0. The zero-order valence-electron chi connectivity index (χ0n) is 12.4. The second kappa shape index (κ2) is 5.44. The molecule has 0 atom stereocenters. The third-order valence-electron chi connectivity index (χ3n) is 4.49. The van der Waals surface area contributed by atoms with E-state index in [0.29, 0.717) is 12.0 Å². The fourth-order valence-corrected chi connectivity index (χ4v) is 2.96. The number of nitrogens with zero attached hydrogens (tertiary/aromatic N) is 2. The van der Waals surface area contributed by atoms with Crippen molar-refractivity contribution in [3.8, 4) is 6.07 Å². The van der Waals surface area contributed by atoms with Gasteiger partial charge in [0, 0.05) is 6.07 Å². The van der Waals surface area contributed by atoms with Crippen LogP contribution in [-0.4, -0.2) is 4.92 Å². The van der Waals surface area contributed by atoms with E-state index in [4.69, 9.17) is 0 Å². The number of nitriles is 1. The Hall–Kier alpha value is -1.96. The van der Waals surface area contributed by atoms with Crippen LogP contribution in [0.3, 0.4) is 0 Å². The summed E-state index contributed by atoms with van der Waals surface area (Å²) in [5.74, 6) is -0.622. The molecule has 0 N–H and O–H groups in total. The second-order valence-corrected chi connectivity index (χ2v) is 6.81. The molecule has 0 spiro atoms. The Morgan fingerprint density at radius 1 is 1.29 bits per heavy atom. The molecule has 4 nitrogen and oxygen atoms in total. The standard InChI is InChI=1S/C16H19FN2O2/c1-15(2)3-5-16(11-18,6-4-15)10-12-7-13(17)9-14(8-12)19(20)21/h7-9H,3-6,10H2,1-2H3. The molecule has 1 aliphatic rings. The molecule has 0 aliphatic heterocycles. The van der Waals surface area contributed by atoms with Crippen LogP contribution in [0.2, 0.25) is 0 Å². The topological polar surface area (TPSA) is 66.9 Å². The fourth-order valence-electron chi connectivity index (χ4n) is 2.96. The number of nitro benzene ring substituents is 1. The molecule has 0 unspecified atom stereocenters. The van der Waals surface area contributed by atoms with Crippen LogP contribution in [0, 0.1) is 38.1 Å². The Bertz CT molecular complexity index is 595. The van der Waals surface area contributed by atoms with E-state index in [-0.39, 0.29) is 11.1 Å². The molecule has 2 rings (SSSR count). The molecular formula is C16H19FN2O2. The number of hydrogen-bond acceptors (Lipinski definition) is 3. The van der Waals surface area contributed by atoms with Crippen LogP contribution in [0.4, 0.5) is 10.1 Å². The maximum Gasteiger partial charge on any atom is 0.272 e. The molecule has 1 aromatic carbocycles. The molecule has 1 aliphatic carbocycles. The third kappa shape index (κ3) is 3.57. The molecule has 1 aromatic rings. The van der Waals surface area contributed by atoms with Gasteiger partial charge >= 0.3 is 0 Å². The average Bonchev–Trinajstić information content (AvgIpc) is 2.41. The lowest BCUT2D eigenvalue weighted by Crippen LogP contribution is -2.31. The number of non-ortho nitro benzene ring substituents is 1. The monoisotopic (exact) mass is 290 g/mol. The van der Waals surface area contributed by atoms with Crippen molar-refractivity contribution in [3.63, 3.8) is 0 Å². The Balaban J connectivity index is 2.24. The highest BCUT2D eigenvalue weighted by Crippen LogP contribution is 2.46. The van der Waals surface area contributed by atoms with Crippen LogP contribution >= 0.6 is 0 Å². The van der Waals surface area contributed by atoms with E-state index < -0.39 is 16.2 Å². The van der Waals surface area contributed by atoms with Gasteiger partial charge in [-0.25, -0.2) is 4.39 Å². The van der Waals surface area contributed by atoms with Gasteiger partial charge in [0.05, 0.1) is 22.5 Å². The Kier molecular flexibility index (Phi) is 3.99. The fraction of sp³-hybridized carbons (Fsp3) is 0.562. The summed E-state index contributed by atoms with van der Waals surface area (Å²) < 4.78 is 13.5. The number of rotatable bonds is 3. The van der Waals surface area contributed by atoms with E-state index in [1.807, 2.05) is 0 Å². The largest absolute Gasteiger partial charge is 0.272 e. The van der Waals surface area contributed by atoms with Gasteiger partial charge in [-0.2, -0.15) is 5.26 Å². The van der Waals surface area contributed by atoms with E-state index in [0.717, 1.165) is 31.7 Å². The maximum absolute atomic E-state index is 13.5. The summed E-state index contributed by atoms with van der Waals surface area (Å²) in [6.07, 6.45) is 3.76. The van der Waals surface area contributed by atoms with Crippen molar-refractivity contribution in [2.75, 3.05) is 0 Å².